The normalized spacial score (nSPS) is 17.4. The maximum atomic E-state index is 12.8. The van der Waals surface area contributed by atoms with Gasteiger partial charge in [-0.3, -0.25) is 4.79 Å². The van der Waals surface area contributed by atoms with Crippen LogP contribution in [-0.4, -0.2) is 35.0 Å². The molecule has 1 aliphatic heterocycles. The van der Waals surface area contributed by atoms with Gasteiger partial charge in [0.05, 0.1) is 11.8 Å². The lowest BCUT2D eigenvalue weighted by Gasteiger charge is -2.35. The van der Waals surface area contributed by atoms with E-state index >= 15 is 0 Å². The van der Waals surface area contributed by atoms with E-state index in [2.05, 4.69) is 10.4 Å². The summed E-state index contributed by atoms with van der Waals surface area (Å²) < 4.78 is 76.4. The number of carbonyl (C=O) groups excluding carboxylic acids is 1. The van der Waals surface area contributed by atoms with E-state index in [9.17, 15) is 31.1 Å². The van der Waals surface area contributed by atoms with Crippen molar-refractivity contribution >= 4 is 17.4 Å². The first-order valence-electron chi connectivity index (χ1n) is 8.53. The van der Waals surface area contributed by atoms with Gasteiger partial charge < -0.3 is 10.2 Å². The summed E-state index contributed by atoms with van der Waals surface area (Å²) in [5.41, 5.74) is -0.264. The van der Waals surface area contributed by atoms with Crippen LogP contribution in [0.4, 0.5) is 37.8 Å². The molecule has 0 bridgehead atoms. The molecule has 2 heterocycles. The van der Waals surface area contributed by atoms with Crippen LogP contribution in [0.25, 0.3) is 0 Å². The van der Waals surface area contributed by atoms with E-state index in [1.54, 1.807) is 21.8 Å². The molecule has 156 valence electrons. The molecule has 2 aromatic rings. The van der Waals surface area contributed by atoms with Gasteiger partial charge >= 0.3 is 12.4 Å². The van der Waals surface area contributed by atoms with Gasteiger partial charge in [0.25, 0.3) is 0 Å². The monoisotopic (exact) mass is 418 g/mol. The smallest absolute Gasteiger partial charge is 0.352 e. The van der Waals surface area contributed by atoms with Gasteiger partial charge in [-0.05, 0) is 24.3 Å². The van der Waals surface area contributed by atoms with Crippen LogP contribution in [0, 0.1) is 5.92 Å². The van der Waals surface area contributed by atoms with Gasteiger partial charge in [-0.1, -0.05) is 0 Å². The molecular weight excluding hydrogens is 402 g/mol. The van der Waals surface area contributed by atoms with Gasteiger partial charge in [0.15, 0.2) is 0 Å². The molecule has 0 saturated carbocycles. The van der Waals surface area contributed by atoms with Gasteiger partial charge in [0.2, 0.25) is 5.91 Å². The highest BCUT2D eigenvalue weighted by Gasteiger charge is 2.31. The molecule has 5 nitrogen and oxygen atoms in total. The zero-order valence-corrected chi connectivity index (χ0v) is 14.8. The maximum absolute atomic E-state index is 12.8. The van der Waals surface area contributed by atoms with Crippen LogP contribution >= 0.6 is 0 Å². The van der Waals surface area contributed by atoms with Gasteiger partial charge in [0, 0.05) is 49.5 Å². The number of nitrogens with zero attached hydrogens (tertiary/aromatic N) is 3. The Labute approximate surface area is 161 Å². The predicted molar refractivity (Wildman–Crippen MR) is 92.4 cm³/mol. The molecule has 1 aliphatic rings. The predicted octanol–water partition coefficient (Wildman–Crippen LogP) is 3.90. The first kappa shape index (κ1) is 20.7. The molecule has 0 radical (unpaired) electrons. The number of anilines is 2. The number of amides is 1. The minimum Gasteiger partial charge on any atom is -0.352 e. The quantitative estimate of drug-likeness (QED) is 0.605. The molecular formula is C18H16F6N4O. The van der Waals surface area contributed by atoms with Crippen LogP contribution in [0.5, 0.6) is 0 Å². The first-order valence-corrected chi connectivity index (χ1v) is 8.53. The number of hydrogen-bond donors (Lipinski definition) is 1. The van der Waals surface area contributed by atoms with Gasteiger partial charge in [-0.2, -0.15) is 31.4 Å². The number of alkyl halides is 6. The Morgan fingerprint density at radius 1 is 1.10 bits per heavy atom. The lowest BCUT2D eigenvalue weighted by atomic mass is 10.1. The van der Waals surface area contributed by atoms with Crippen molar-refractivity contribution in [3.05, 3.63) is 54.2 Å². The molecule has 0 unspecified atom stereocenters. The number of allylic oxidation sites excluding steroid dienone is 1. The highest BCUT2D eigenvalue weighted by Crippen LogP contribution is 2.34. The van der Waals surface area contributed by atoms with E-state index in [-0.39, 0.29) is 18.5 Å². The third-order valence-electron chi connectivity index (χ3n) is 4.34. The number of hydrogen-bond acceptors (Lipinski definition) is 3. The van der Waals surface area contributed by atoms with Crippen molar-refractivity contribution in [2.45, 2.75) is 18.9 Å². The van der Waals surface area contributed by atoms with Crippen molar-refractivity contribution in [2.24, 2.45) is 5.92 Å². The first-order chi connectivity index (χ1) is 13.5. The Balaban J connectivity index is 1.71. The minimum atomic E-state index is -4.58. The molecule has 11 heteroatoms. The second-order valence-corrected chi connectivity index (χ2v) is 6.51. The summed E-state index contributed by atoms with van der Waals surface area (Å²) in [6.07, 6.45) is -7.22. The van der Waals surface area contributed by atoms with Crippen molar-refractivity contribution in [3.8, 4) is 0 Å². The molecule has 3 rings (SSSR count). The highest BCUT2D eigenvalue weighted by molar-refractivity contribution is 5.87. The van der Waals surface area contributed by atoms with Crippen molar-refractivity contribution in [1.29, 1.82) is 0 Å². The van der Waals surface area contributed by atoms with Gasteiger partial charge in [0.1, 0.15) is 5.82 Å². The van der Waals surface area contributed by atoms with Crippen molar-refractivity contribution < 1.29 is 31.1 Å². The molecule has 0 aliphatic carbocycles. The van der Waals surface area contributed by atoms with Crippen LogP contribution in [0.1, 0.15) is 5.56 Å². The largest absolute Gasteiger partial charge is 0.416 e. The number of carbonyl (C=O) groups is 1. The fourth-order valence-corrected chi connectivity index (χ4v) is 3.02. The molecule has 1 aromatic heterocycles. The topological polar surface area (TPSA) is 50.2 Å². The third kappa shape index (κ3) is 5.30. The standard InChI is InChI=1S/C18H16F6N4O/c19-17(20,21)7-5-15(29)25-9-12-10-27(16-6-8-26-28(16)11-12)14-3-1-13(2-4-14)18(22,23)24/h1-8,12H,9-11H2,(H,25,29)/b7-5+/t12-/m0/s1. The Morgan fingerprint density at radius 2 is 1.79 bits per heavy atom. The summed E-state index contributed by atoms with van der Waals surface area (Å²) in [4.78, 5) is 13.3. The molecule has 1 amide bonds. The zero-order valence-electron chi connectivity index (χ0n) is 14.8. The summed E-state index contributed by atoms with van der Waals surface area (Å²) in [6.45, 7) is 0.834. The molecule has 0 saturated heterocycles. The summed E-state index contributed by atoms with van der Waals surface area (Å²) in [6, 6.07) is 6.34. The molecule has 1 aromatic carbocycles. The molecule has 0 spiro atoms. The van der Waals surface area contributed by atoms with Crippen LogP contribution < -0.4 is 10.2 Å². The average Bonchev–Trinajstić information content (AvgIpc) is 3.11. The van der Waals surface area contributed by atoms with E-state index in [0.717, 1.165) is 12.1 Å². The Hall–Kier alpha value is -2.98. The Morgan fingerprint density at radius 3 is 2.41 bits per heavy atom. The number of fused-ring (bicyclic) bond motifs is 1. The number of nitrogens with one attached hydrogen (secondary N) is 1. The molecule has 0 fully saturated rings. The Bertz CT molecular complexity index is 885. The van der Waals surface area contributed by atoms with Crippen LogP contribution in [0.3, 0.4) is 0 Å². The number of halogens is 6. The molecule has 29 heavy (non-hydrogen) atoms. The second-order valence-electron chi connectivity index (χ2n) is 6.51. The molecule has 1 atom stereocenters. The van der Waals surface area contributed by atoms with Crippen LogP contribution in [-0.2, 0) is 17.5 Å². The van der Waals surface area contributed by atoms with Gasteiger partial charge in [-0.25, -0.2) is 4.68 Å². The van der Waals surface area contributed by atoms with E-state index in [4.69, 9.17) is 0 Å². The van der Waals surface area contributed by atoms with E-state index in [1.807, 2.05) is 0 Å². The SMILES string of the molecule is O=C(/C=C/C(F)(F)F)NC[C@H]1CN(c2ccc(C(F)(F)F)cc2)c2ccnn2C1. The summed E-state index contributed by atoms with van der Waals surface area (Å²) >= 11 is 0. The number of aromatic nitrogens is 2. The maximum Gasteiger partial charge on any atom is 0.416 e. The summed E-state index contributed by atoms with van der Waals surface area (Å²) in [7, 11) is 0. The Kier molecular flexibility index (Phi) is 5.58. The van der Waals surface area contributed by atoms with Crippen LogP contribution in [0.15, 0.2) is 48.7 Å². The lowest BCUT2D eigenvalue weighted by Crippen LogP contribution is -2.41. The fraction of sp³-hybridized carbons (Fsp3) is 0.333. The van der Waals surface area contributed by atoms with E-state index in [0.29, 0.717) is 30.7 Å². The minimum absolute atomic E-state index is 0.0808. The average molecular weight is 418 g/mol. The second kappa shape index (κ2) is 7.80. The van der Waals surface area contributed by atoms with E-state index in [1.165, 1.54) is 12.1 Å². The third-order valence-corrected chi connectivity index (χ3v) is 4.34. The summed E-state index contributed by atoms with van der Waals surface area (Å²) in [5.74, 6) is -0.424. The number of rotatable bonds is 4. The number of benzene rings is 1. The van der Waals surface area contributed by atoms with Crippen molar-refractivity contribution in [3.63, 3.8) is 0 Å². The van der Waals surface area contributed by atoms with Crippen molar-refractivity contribution in [2.75, 3.05) is 18.0 Å². The van der Waals surface area contributed by atoms with E-state index < -0.39 is 23.8 Å². The highest BCUT2D eigenvalue weighted by atomic mass is 19.4. The van der Waals surface area contributed by atoms with Gasteiger partial charge in [-0.15, -0.1) is 0 Å². The lowest BCUT2D eigenvalue weighted by molar-refractivity contribution is -0.137. The van der Waals surface area contributed by atoms with Crippen molar-refractivity contribution in [1.82, 2.24) is 15.1 Å². The van der Waals surface area contributed by atoms with Crippen LogP contribution in [0.2, 0.25) is 0 Å². The zero-order chi connectivity index (χ0) is 21.2. The summed E-state index contributed by atoms with van der Waals surface area (Å²) in [5, 5.41) is 6.56. The molecule has 1 N–H and O–H groups in total. The fourth-order valence-electron chi connectivity index (χ4n) is 3.02.